The van der Waals surface area contributed by atoms with Crippen molar-refractivity contribution >= 4 is 23.4 Å². The van der Waals surface area contributed by atoms with E-state index < -0.39 is 6.04 Å². The van der Waals surface area contributed by atoms with Gasteiger partial charge in [0.2, 0.25) is 5.91 Å². The van der Waals surface area contributed by atoms with Crippen molar-refractivity contribution in [2.45, 2.75) is 19.0 Å². The van der Waals surface area contributed by atoms with Gasteiger partial charge < -0.3 is 10.2 Å². The predicted molar refractivity (Wildman–Crippen MR) is 139 cm³/mol. The number of piperazine rings is 1. The van der Waals surface area contributed by atoms with Crippen LogP contribution in [-0.4, -0.2) is 66.3 Å². The average Bonchev–Trinajstić information content (AvgIpc) is 3.18. The number of halogens is 1. The summed E-state index contributed by atoms with van der Waals surface area (Å²) in [6, 6.07) is 22.5. The van der Waals surface area contributed by atoms with Crippen molar-refractivity contribution in [1.29, 1.82) is 0 Å². The summed E-state index contributed by atoms with van der Waals surface area (Å²) >= 11 is 0. The highest BCUT2D eigenvalue weighted by molar-refractivity contribution is 6.21. The number of carbonyl (C=O) groups excluding carboxylic acids is 3. The summed E-state index contributed by atoms with van der Waals surface area (Å²) in [7, 11) is 0. The molecule has 0 saturated carbocycles. The Hall–Kier alpha value is -4.04. The van der Waals surface area contributed by atoms with Crippen LogP contribution in [0.15, 0.2) is 78.9 Å². The first-order valence-corrected chi connectivity index (χ1v) is 12.5. The molecule has 3 amide bonds. The number of benzene rings is 3. The summed E-state index contributed by atoms with van der Waals surface area (Å²) in [5, 5.41) is 2.97. The molecule has 37 heavy (non-hydrogen) atoms. The lowest BCUT2D eigenvalue weighted by atomic mass is 10.1. The molecule has 0 aromatic heterocycles. The Morgan fingerprint density at radius 3 is 2.03 bits per heavy atom. The van der Waals surface area contributed by atoms with E-state index in [9.17, 15) is 18.8 Å². The maximum Gasteiger partial charge on any atom is 0.261 e. The molecule has 0 spiro atoms. The highest BCUT2D eigenvalue weighted by Gasteiger charge is 2.37. The van der Waals surface area contributed by atoms with Crippen LogP contribution in [0.1, 0.15) is 32.7 Å². The zero-order valence-electron chi connectivity index (χ0n) is 20.5. The molecular formula is C29H29FN4O3. The fraction of sp³-hybridized carbons (Fsp3) is 0.276. The van der Waals surface area contributed by atoms with E-state index in [1.165, 1.54) is 17.0 Å². The Bertz CT molecular complexity index is 1240. The summed E-state index contributed by atoms with van der Waals surface area (Å²) < 4.78 is 13.3. The lowest BCUT2D eigenvalue weighted by Crippen LogP contribution is -2.55. The second-order valence-corrected chi connectivity index (χ2v) is 9.31. The number of anilines is 1. The van der Waals surface area contributed by atoms with Gasteiger partial charge in [0.15, 0.2) is 0 Å². The Balaban J connectivity index is 1.27. The minimum atomic E-state index is -0.511. The van der Waals surface area contributed by atoms with Crippen LogP contribution in [0.2, 0.25) is 0 Å². The smallest absolute Gasteiger partial charge is 0.261 e. The van der Waals surface area contributed by atoms with E-state index in [2.05, 4.69) is 27.2 Å². The fourth-order valence-corrected chi connectivity index (χ4v) is 5.01. The molecule has 5 rings (SSSR count). The van der Waals surface area contributed by atoms with Crippen LogP contribution in [0, 0.1) is 5.82 Å². The van der Waals surface area contributed by atoms with Crippen LogP contribution in [0.5, 0.6) is 0 Å². The summed E-state index contributed by atoms with van der Waals surface area (Å²) in [4.78, 5) is 44.8. The first-order valence-electron chi connectivity index (χ1n) is 12.5. The number of nitrogens with zero attached hydrogens (tertiary/aromatic N) is 3. The molecule has 1 N–H and O–H groups in total. The lowest BCUT2D eigenvalue weighted by molar-refractivity contribution is -0.127. The highest BCUT2D eigenvalue weighted by atomic mass is 19.1. The van der Waals surface area contributed by atoms with Crippen LogP contribution in [-0.2, 0) is 11.3 Å². The van der Waals surface area contributed by atoms with Crippen molar-refractivity contribution in [3.63, 3.8) is 0 Å². The largest absolute Gasteiger partial charge is 0.369 e. The van der Waals surface area contributed by atoms with Gasteiger partial charge in [0.05, 0.1) is 17.2 Å². The van der Waals surface area contributed by atoms with Gasteiger partial charge in [-0.3, -0.25) is 24.2 Å². The van der Waals surface area contributed by atoms with Crippen LogP contribution >= 0.6 is 0 Å². The molecule has 3 aromatic rings. The van der Waals surface area contributed by atoms with Gasteiger partial charge in [0, 0.05) is 45.0 Å². The number of para-hydroxylation sites is 1. The van der Waals surface area contributed by atoms with Crippen LogP contribution in [0.4, 0.5) is 10.1 Å². The van der Waals surface area contributed by atoms with E-state index in [0.717, 1.165) is 24.3 Å². The number of hydrogen-bond acceptors (Lipinski definition) is 5. The fourth-order valence-electron chi connectivity index (χ4n) is 5.01. The zero-order chi connectivity index (χ0) is 25.8. The third-order valence-electron chi connectivity index (χ3n) is 7.06. The van der Waals surface area contributed by atoms with Gasteiger partial charge in [-0.25, -0.2) is 4.39 Å². The Morgan fingerprint density at radius 1 is 0.811 bits per heavy atom. The molecule has 1 saturated heterocycles. The van der Waals surface area contributed by atoms with Crippen molar-refractivity contribution < 1.29 is 18.8 Å². The molecular weight excluding hydrogens is 471 g/mol. The first kappa shape index (κ1) is 24.6. The minimum Gasteiger partial charge on any atom is -0.369 e. The quantitative estimate of drug-likeness (QED) is 0.481. The predicted octanol–water partition coefficient (Wildman–Crippen LogP) is 3.32. The molecule has 3 aromatic carbocycles. The third kappa shape index (κ3) is 5.39. The molecule has 1 unspecified atom stereocenters. The van der Waals surface area contributed by atoms with Gasteiger partial charge in [-0.2, -0.15) is 0 Å². The number of fused-ring (bicyclic) bond motifs is 1. The molecule has 2 aliphatic heterocycles. The maximum atomic E-state index is 13.4. The maximum absolute atomic E-state index is 13.4. The van der Waals surface area contributed by atoms with E-state index in [4.69, 9.17) is 0 Å². The molecule has 7 nitrogen and oxygen atoms in total. The van der Waals surface area contributed by atoms with Gasteiger partial charge in [-0.1, -0.05) is 42.5 Å². The SMILES string of the molecule is O=C(NCc1ccc(F)cc1)C(CCN1C(=O)c2ccccc2C1=O)N1CCN(c2ccccc2)CC1. The van der Waals surface area contributed by atoms with Gasteiger partial charge >= 0.3 is 0 Å². The first-order chi connectivity index (χ1) is 18.0. The van der Waals surface area contributed by atoms with Crippen LogP contribution in [0.3, 0.4) is 0 Å². The van der Waals surface area contributed by atoms with Crippen LogP contribution in [0.25, 0.3) is 0 Å². The minimum absolute atomic E-state index is 0.153. The summed E-state index contributed by atoms with van der Waals surface area (Å²) in [6.45, 7) is 3.29. The number of imide groups is 1. The lowest BCUT2D eigenvalue weighted by Gasteiger charge is -2.40. The van der Waals surface area contributed by atoms with Gasteiger partial charge in [0.25, 0.3) is 11.8 Å². The molecule has 2 aliphatic rings. The van der Waals surface area contributed by atoms with Crippen molar-refractivity contribution in [2.75, 3.05) is 37.6 Å². The van der Waals surface area contributed by atoms with E-state index in [0.29, 0.717) is 30.6 Å². The normalized spacial score (nSPS) is 16.6. The van der Waals surface area contributed by atoms with Gasteiger partial charge in [-0.05, 0) is 48.4 Å². The summed E-state index contributed by atoms with van der Waals surface area (Å²) in [6.07, 6.45) is 0.325. The number of carbonyl (C=O) groups is 3. The number of hydrogen-bond donors (Lipinski definition) is 1. The van der Waals surface area contributed by atoms with E-state index >= 15 is 0 Å². The van der Waals surface area contributed by atoms with E-state index in [-0.39, 0.29) is 36.6 Å². The Kier molecular flexibility index (Phi) is 7.28. The molecule has 1 fully saturated rings. The van der Waals surface area contributed by atoms with Crippen molar-refractivity contribution in [3.8, 4) is 0 Å². The molecule has 8 heteroatoms. The summed E-state index contributed by atoms with van der Waals surface area (Å²) in [5.41, 5.74) is 2.75. The summed E-state index contributed by atoms with van der Waals surface area (Å²) in [5.74, 6) is -1.14. The van der Waals surface area contributed by atoms with E-state index in [1.54, 1.807) is 36.4 Å². The highest BCUT2D eigenvalue weighted by Crippen LogP contribution is 2.24. The topological polar surface area (TPSA) is 73.0 Å². The molecule has 2 heterocycles. The Morgan fingerprint density at radius 2 is 1.41 bits per heavy atom. The standard InChI is InChI=1S/C29H29FN4O3/c30-22-12-10-21(11-13-22)20-31-27(35)26(33-18-16-32(17-19-33)23-6-2-1-3-7-23)14-15-34-28(36)24-8-4-5-9-25(24)29(34)37/h1-13,26H,14-20H2,(H,31,35). The third-order valence-corrected chi connectivity index (χ3v) is 7.06. The van der Waals surface area contributed by atoms with Crippen LogP contribution < -0.4 is 10.2 Å². The van der Waals surface area contributed by atoms with Crippen molar-refractivity contribution in [3.05, 3.63) is 101 Å². The zero-order valence-corrected chi connectivity index (χ0v) is 20.5. The molecule has 0 radical (unpaired) electrons. The second kappa shape index (κ2) is 10.9. The number of nitrogens with one attached hydrogen (secondary N) is 1. The average molecular weight is 501 g/mol. The number of rotatable bonds is 8. The van der Waals surface area contributed by atoms with Gasteiger partial charge in [-0.15, -0.1) is 0 Å². The van der Waals surface area contributed by atoms with Crippen molar-refractivity contribution in [2.24, 2.45) is 0 Å². The van der Waals surface area contributed by atoms with E-state index in [1.807, 2.05) is 18.2 Å². The number of amides is 3. The van der Waals surface area contributed by atoms with Crippen molar-refractivity contribution in [1.82, 2.24) is 15.1 Å². The second-order valence-electron chi connectivity index (χ2n) is 9.31. The molecule has 1 atom stereocenters. The van der Waals surface area contributed by atoms with Gasteiger partial charge in [0.1, 0.15) is 5.82 Å². The molecule has 0 bridgehead atoms. The monoisotopic (exact) mass is 500 g/mol. The Labute approximate surface area is 215 Å². The molecule has 190 valence electrons. The molecule has 0 aliphatic carbocycles.